The predicted octanol–water partition coefficient (Wildman–Crippen LogP) is 4.81. The van der Waals surface area contributed by atoms with Gasteiger partial charge in [0.05, 0.1) is 5.92 Å². The molecule has 1 atom stereocenters. The maximum absolute atomic E-state index is 11.4. The van der Waals surface area contributed by atoms with Crippen molar-refractivity contribution in [2.75, 3.05) is 0 Å². The molecule has 1 unspecified atom stereocenters. The molecule has 0 fully saturated rings. The number of aryl methyl sites for hydroxylation is 1. The zero-order valence-corrected chi connectivity index (χ0v) is 15.4. The van der Waals surface area contributed by atoms with Gasteiger partial charge in [-0.2, -0.15) is 0 Å². The van der Waals surface area contributed by atoms with Gasteiger partial charge in [0.15, 0.2) is 0 Å². The number of carbonyl (C=O) groups is 1. The van der Waals surface area contributed by atoms with Gasteiger partial charge in [0.2, 0.25) is 0 Å². The van der Waals surface area contributed by atoms with Gasteiger partial charge < -0.3 is 9.84 Å². The zero-order chi connectivity index (χ0) is 18.0. The van der Waals surface area contributed by atoms with Gasteiger partial charge in [0.25, 0.3) is 0 Å². The van der Waals surface area contributed by atoms with Gasteiger partial charge >= 0.3 is 5.97 Å². The molecule has 1 aromatic carbocycles. The highest BCUT2D eigenvalue weighted by atomic mass is 35.5. The number of benzene rings is 1. The van der Waals surface area contributed by atoms with Gasteiger partial charge in [-0.3, -0.25) is 4.79 Å². The lowest BCUT2D eigenvalue weighted by molar-refractivity contribution is -0.138. The maximum Gasteiger partial charge on any atom is 0.311 e. The first-order valence-corrected chi connectivity index (χ1v) is 9.10. The molecule has 0 aliphatic carbocycles. The van der Waals surface area contributed by atoms with E-state index < -0.39 is 11.9 Å². The Morgan fingerprint density at radius 3 is 2.92 bits per heavy atom. The molecule has 0 amide bonds. The van der Waals surface area contributed by atoms with Gasteiger partial charge in [-0.25, -0.2) is 9.97 Å². The summed E-state index contributed by atoms with van der Waals surface area (Å²) in [5.41, 5.74) is 1.58. The van der Waals surface area contributed by atoms with Gasteiger partial charge in [-0.1, -0.05) is 18.5 Å². The van der Waals surface area contributed by atoms with Crippen LogP contribution < -0.4 is 4.74 Å². The fraction of sp³-hybridized carbons (Fsp3) is 0.278. The zero-order valence-electron chi connectivity index (χ0n) is 13.8. The highest BCUT2D eigenvalue weighted by Crippen LogP contribution is 2.35. The van der Waals surface area contributed by atoms with Crippen molar-refractivity contribution in [1.82, 2.24) is 9.97 Å². The van der Waals surface area contributed by atoms with Crippen molar-refractivity contribution in [3.05, 3.63) is 51.9 Å². The molecule has 5 nitrogen and oxygen atoms in total. The number of hydrogen-bond acceptors (Lipinski definition) is 5. The fourth-order valence-electron chi connectivity index (χ4n) is 2.64. The largest absolute Gasteiger partial charge is 0.489 e. The van der Waals surface area contributed by atoms with Crippen molar-refractivity contribution in [3.63, 3.8) is 0 Å². The summed E-state index contributed by atoms with van der Waals surface area (Å²) in [4.78, 5) is 19.6. The smallest absolute Gasteiger partial charge is 0.311 e. The van der Waals surface area contributed by atoms with E-state index in [-0.39, 0.29) is 6.61 Å². The van der Waals surface area contributed by atoms with E-state index >= 15 is 0 Å². The van der Waals surface area contributed by atoms with Gasteiger partial charge in [-0.15, -0.1) is 11.3 Å². The quantitative estimate of drug-likeness (QED) is 0.625. The second-order valence-electron chi connectivity index (χ2n) is 5.67. The Morgan fingerprint density at radius 2 is 2.24 bits per heavy atom. The Kier molecular flexibility index (Phi) is 5.20. The lowest BCUT2D eigenvalue weighted by Crippen LogP contribution is -2.09. The summed E-state index contributed by atoms with van der Waals surface area (Å²) in [6, 6.07) is 5.67. The SMILES string of the molecule is CCC(C(=O)O)c1csc2cc(OCc3cnc(C)nc3Cl)ccc12. The monoisotopic (exact) mass is 376 g/mol. The molecule has 0 aliphatic rings. The van der Waals surface area contributed by atoms with Crippen molar-refractivity contribution in [2.45, 2.75) is 32.8 Å². The second kappa shape index (κ2) is 7.37. The molecule has 3 rings (SSSR count). The summed E-state index contributed by atoms with van der Waals surface area (Å²) in [7, 11) is 0. The lowest BCUT2D eigenvalue weighted by atomic mass is 9.96. The average molecular weight is 377 g/mol. The summed E-state index contributed by atoms with van der Waals surface area (Å²) in [6.07, 6.45) is 2.22. The van der Waals surface area contributed by atoms with E-state index in [1.54, 1.807) is 13.1 Å². The van der Waals surface area contributed by atoms with Crippen molar-refractivity contribution in [1.29, 1.82) is 0 Å². The van der Waals surface area contributed by atoms with Crippen molar-refractivity contribution in [3.8, 4) is 5.75 Å². The van der Waals surface area contributed by atoms with Crippen molar-refractivity contribution < 1.29 is 14.6 Å². The number of aromatic nitrogens is 2. The van der Waals surface area contributed by atoms with E-state index in [1.807, 2.05) is 30.5 Å². The number of thiophene rings is 1. The van der Waals surface area contributed by atoms with E-state index in [0.29, 0.717) is 23.1 Å². The van der Waals surface area contributed by atoms with Crippen LogP contribution in [0.15, 0.2) is 29.8 Å². The Labute approximate surface area is 154 Å². The molecular formula is C18H17ClN2O3S. The minimum atomic E-state index is -0.795. The normalized spacial score (nSPS) is 12.3. The van der Waals surface area contributed by atoms with Crippen LogP contribution in [0.25, 0.3) is 10.1 Å². The van der Waals surface area contributed by atoms with E-state index in [4.69, 9.17) is 16.3 Å². The van der Waals surface area contributed by atoms with Crippen LogP contribution >= 0.6 is 22.9 Å². The molecule has 130 valence electrons. The van der Waals surface area contributed by atoms with E-state index in [1.165, 1.54) is 11.3 Å². The van der Waals surface area contributed by atoms with Gasteiger partial charge in [0.1, 0.15) is 23.3 Å². The van der Waals surface area contributed by atoms with Crippen LogP contribution in [-0.4, -0.2) is 21.0 Å². The molecule has 0 radical (unpaired) electrons. The summed E-state index contributed by atoms with van der Waals surface area (Å²) in [5.74, 6) is 0.0340. The number of carboxylic acids is 1. The summed E-state index contributed by atoms with van der Waals surface area (Å²) >= 11 is 7.61. The summed E-state index contributed by atoms with van der Waals surface area (Å²) < 4.78 is 6.79. The van der Waals surface area contributed by atoms with Crippen molar-refractivity contribution in [2.24, 2.45) is 0 Å². The predicted molar refractivity (Wildman–Crippen MR) is 98.6 cm³/mol. The number of hydrogen-bond donors (Lipinski definition) is 1. The molecule has 3 aromatic rings. The van der Waals surface area contributed by atoms with Gasteiger partial charge in [0, 0.05) is 16.5 Å². The first-order valence-electron chi connectivity index (χ1n) is 7.84. The van der Waals surface area contributed by atoms with Crippen LogP contribution in [0.5, 0.6) is 5.75 Å². The highest BCUT2D eigenvalue weighted by molar-refractivity contribution is 7.17. The number of aliphatic carboxylic acids is 1. The number of carboxylic acid groups (broad SMARTS) is 1. The van der Waals surface area contributed by atoms with Crippen LogP contribution in [0.2, 0.25) is 5.15 Å². The number of halogens is 1. The van der Waals surface area contributed by atoms with Crippen LogP contribution in [0.3, 0.4) is 0 Å². The molecule has 7 heteroatoms. The minimum Gasteiger partial charge on any atom is -0.489 e. The third kappa shape index (κ3) is 3.75. The Morgan fingerprint density at radius 1 is 1.44 bits per heavy atom. The number of nitrogens with zero attached hydrogens (tertiary/aromatic N) is 2. The third-order valence-electron chi connectivity index (χ3n) is 3.99. The Bertz CT molecular complexity index is 926. The first kappa shape index (κ1) is 17.6. The van der Waals surface area contributed by atoms with E-state index in [0.717, 1.165) is 21.2 Å². The standard InChI is InChI=1S/C18H17ClN2O3S/c1-3-13(18(22)23)15-9-25-16-6-12(4-5-14(15)16)24-8-11-7-20-10(2)21-17(11)19/h4-7,9,13H,3,8H2,1-2H3,(H,22,23). The molecular weight excluding hydrogens is 360 g/mol. The molecule has 25 heavy (non-hydrogen) atoms. The van der Waals surface area contributed by atoms with Crippen LogP contribution in [-0.2, 0) is 11.4 Å². The van der Waals surface area contributed by atoms with Crippen LogP contribution in [0, 0.1) is 6.92 Å². The molecule has 0 saturated carbocycles. The molecule has 0 aliphatic heterocycles. The maximum atomic E-state index is 11.4. The van der Waals surface area contributed by atoms with Crippen molar-refractivity contribution >= 4 is 39.0 Å². The fourth-order valence-corrected chi connectivity index (χ4v) is 3.91. The number of fused-ring (bicyclic) bond motifs is 1. The minimum absolute atomic E-state index is 0.273. The molecule has 1 N–H and O–H groups in total. The number of rotatable bonds is 6. The molecule has 0 saturated heterocycles. The summed E-state index contributed by atoms with van der Waals surface area (Å²) in [5, 5.41) is 12.6. The Hall–Kier alpha value is -2.18. The topological polar surface area (TPSA) is 72.3 Å². The second-order valence-corrected chi connectivity index (χ2v) is 6.94. The van der Waals surface area contributed by atoms with E-state index in [2.05, 4.69) is 9.97 Å². The molecule has 2 aromatic heterocycles. The molecule has 2 heterocycles. The van der Waals surface area contributed by atoms with Crippen LogP contribution in [0.1, 0.15) is 36.2 Å². The molecule has 0 spiro atoms. The summed E-state index contributed by atoms with van der Waals surface area (Å²) in [6.45, 7) is 3.93. The van der Waals surface area contributed by atoms with Crippen LogP contribution in [0.4, 0.5) is 0 Å². The van der Waals surface area contributed by atoms with Gasteiger partial charge in [-0.05, 0) is 47.9 Å². The lowest BCUT2D eigenvalue weighted by Gasteiger charge is -2.10. The Balaban J connectivity index is 1.81. The van der Waals surface area contributed by atoms with E-state index in [9.17, 15) is 9.90 Å². The highest BCUT2D eigenvalue weighted by Gasteiger charge is 2.21. The molecule has 0 bridgehead atoms. The number of ether oxygens (including phenoxy) is 1. The average Bonchev–Trinajstić information content (AvgIpc) is 2.97. The first-order chi connectivity index (χ1) is 12.0. The third-order valence-corrected chi connectivity index (χ3v) is 5.28.